The zero-order chi connectivity index (χ0) is 29.3. The summed E-state index contributed by atoms with van der Waals surface area (Å²) in [5.41, 5.74) is 0.602. The normalized spacial score (nSPS) is 13.2. The molecule has 2 rings (SSSR count). The van der Waals surface area contributed by atoms with Crippen molar-refractivity contribution in [3.8, 4) is 5.75 Å². The lowest BCUT2D eigenvalue weighted by Crippen LogP contribution is -2.56. The highest BCUT2D eigenvalue weighted by molar-refractivity contribution is 6.32. The third-order valence-electron chi connectivity index (χ3n) is 5.29. The fourth-order valence-electron chi connectivity index (χ4n) is 3.23. The summed E-state index contributed by atoms with van der Waals surface area (Å²) in [4.78, 5) is 48.5. The number of benzene rings is 2. The molecule has 212 valence electrons. The average Bonchev–Trinajstić information content (AvgIpc) is 2.88. The van der Waals surface area contributed by atoms with Crippen LogP contribution in [0.2, 0.25) is 0 Å². The van der Waals surface area contributed by atoms with Crippen LogP contribution < -0.4 is 15.4 Å². The fourth-order valence-corrected chi connectivity index (χ4v) is 3.23. The van der Waals surface area contributed by atoms with Gasteiger partial charge in [0.2, 0.25) is 17.5 Å². The van der Waals surface area contributed by atoms with Gasteiger partial charge in [-0.2, -0.15) is 8.78 Å². The number of amides is 2. The van der Waals surface area contributed by atoms with Crippen molar-refractivity contribution in [2.45, 2.75) is 45.1 Å². The first kappa shape index (κ1) is 31.0. The highest BCUT2D eigenvalue weighted by atomic mass is 19.2. The lowest BCUT2D eigenvalue weighted by Gasteiger charge is -2.27. The second-order valence-corrected chi connectivity index (χ2v) is 8.65. The van der Waals surface area contributed by atoms with Crippen LogP contribution in [0.15, 0.2) is 36.4 Å². The summed E-state index contributed by atoms with van der Waals surface area (Å²) in [6.07, 6.45) is -2.87. The van der Waals surface area contributed by atoms with Crippen molar-refractivity contribution in [1.82, 2.24) is 10.6 Å². The number of rotatable bonds is 12. The Labute approximate surface area is 219 Å². The van der Waals surface area contributed by atoms with E-state index in [9.17, 15) is 41.8 Å². The van der Waals surface area contributed by atoms with Crippen molar-refractivity contribution in [2.75, 3.05) is 6.61 Å². The monoisotopic (exact) mass is 558 g/mol. The van der Waals surface area contributed by atoms with Gasteiger partial charge in [-0.25, -0.2) is 13.6 Å². The zero-order valence-corrected chi connectivity index (χ0v) is 20.8. The van der Waals surface area contributed by atoms with Crippen molar-refractivity contribution in [2.24, 2.45) is 5.92 Å². The molecular formula is C25H26F4N2O8. The summed E-state index contributed by atoms with van der Waals surface area (Å²) >= 11 is 0. The molecule has 4 N–H and O–H groups in total. The number of aliphatic hydroxyl groups excluding tert-OH is 1. The van der Waals surface area contributed by atoms with Gasteiger partial charge in [-0.1, -0.05) is 44.2 Å². The van der Waals surface area contributed by atoms with Crippen molar-refractivity contribution in [3.63, 3.8) is 0 Å². The van der Waals surface area contributed by atoms with E-state index in [2.05, 4.69) is 15.4 Å². The first-order valence-electron chi connectivity index (χ1n) is 11.5. The van der Waals surface area contributed by atoms with E-state index >= 15 is 0 Å². The molecule has 0 aliphatic carbocycles. The summed E-state index contributed by atoms with van der Waals surface area (Å²) in [6, 6.07) is 5.32. The second-order valence-electron chi connectivity index (χ2n) is 8.65. The summed E-state index contributed by atoms with van der Waals surface area (Å²) in [7, 11) is 0. The molecule has 3 atom stereocenters. The number of carboxylic acid groups (broad SMARTS) is 1. The van der Waals surface area contributed by atoms with E-state index < -0.39 is 89.9 Å². The van der Waals surface area contributed by atoms with Crippen LogP contribution in [-0.4, -0.2) is 58.8 Å². The van der Waals surface area contributed by atoms with E-state index in [-0.39, 0.29) is 12.7 Å². The van der Waals surface area contributed by atoms with Crippen LogP contribution in [-0.2, 0) is 30.5 Å². The van der Waals surface area contributed by atoms with Crippen LogP contribution in [0.3, 0.4) is 0 Å². The highest BCUT2D eigenvalue weighted by Gasteiger charge is 2.32. The minimum absolute atomic E-state index is 0.0563. The highest BCUT2D eigenvalue weighted by Crippen LogP contribution is 2.26. The third-order valence-corrected chi connectivity index (χ3v) is 5.29. The van der Waals surface area contributed by atoms with Crippen LogP contribution in [0.1, 0.15) is 25.8 Å². The lowest BCUT2D eigenvalue weighted by atomic mass is 10.0. The summed E-state index contributed by atoms with van der Waals surface area (Å²) < 4.78 is 63.9. The first-order chi connectivity index (χ1) is 18.3. The van der Waals surface area contributed by atoms with Crippen LogP contribution >= 0.6 is 0 Å². The number of esters is 1. The molecule has 2 amide bonds. The summed E-state index contributed by atoms with van der Waals surface area (Å²) in [5, 5.41) is 23.9. The van der Waals surface area contributed by atoms with Gasteiger partial charge >= 0.3 is 17.8 Å². The molecule has 2 aromatic carbocycles. The van der Waals surface area contributed by atoms with Gasteiger partial charge in [0.05, 0.1) is 12.5 Å². The second kappa shape index (κ2) is 14.1. The maximum atomic E-state index is 13.8. The van der Waals surface area contributed by atoms with Crippen molar-refractivity contribution in [3.05, 3.63) is 65.2 Å². The Morgan fingerprint density at radius 2 is 1.54 bits per heavy atom. The van der Waals surface area contributed by atoms with Gasteiger partial charge in [-0.3, -0.25) is 14.4 Å². The molecule has 0 saturated heterocycles. The van der Waals surface area contributed by atoms with E-state index in [0.29, 0.717) is 5.56 Å². The predicted molar refractivity (Wildman–Crippen MR) is 125 cm³/mol. The van der Waals surface area contributed by atoms with Gasteiger partial charge in [0.25, 0.3) is 0 Å². The van der Waals surface area contributed by atoms with Gasteiger partial charge in [-0.15, -0.1) is 0 Å². The molecule has 2 aromatic rings. The number of hydrogen-bond acceptors (Lipinski definition) is 7. The molecule has 0 fully saturated rings. The van der Waals surface area contributed by atoms with Gasteiger partial charge < -0.3 is 30.3 Å². The molecule has 39 heavy (non-hydrogen) atoms. The number of halogens is 4. The van der Waals surface area contributed by atoms with Crippen molar-refractivity contribution < 1.29 is 56.4 Å². The topological polar surface area (TPSA) is 151 Å². The van der Waals surface area contributed by atoms with Crippen LogP contribution in [0.4, 0.5) is 17.6 Å². The van der Waals surface area contributed by atoms with Gasteiger partial charge in [0.1, 0.15) is 25.4 Å². The van der Waals surface area contributed by atoms with Crippen molar-refractivity contribution in [1.29, 1.82) is 0 Å². The van der Waals surface area contributed by atoms with Gasteiger partial charge in [0.15, 0.2) is 17.4 Å². The molecule has 0 aromatic heterocycles. The van der Waals surface area contributed by atoms with E-state index in [1.54, 1.807) is 30.3 Å². The van der Waals surface area contributed by atoms with Crippen LogP contribution in [0.5, 0.6) is 5.75 Å². The number of carboxylic acids is 1. The smallest absolute Gasteiger partial charge is 0.397 e. The van der Waals surface area contributed by atoms with E-state index in [1.165, 1.54) is 13.8 Å². The number of carbonyl (C=O) groups excluding carboxylic acids is 3. The van der Waals surface area contributed by atoms with E-state index in [1.807, 2.05) is 0 Å². The number of carbonyl (C=O) groups is 4. The molecular weight excluding hydrogens is 532 g/mol. The minimum Gasteiger partial charge on any atom is -0.485 e. The molecule has 0 spiro atoms. The largest absolute Gasteiger partial charge is 0.485 e. The molecule has 0 radical (unpaired) electrons. The maximum Gasteiger partial charge on any atom is 0.397 e. The molecule has 0 saturated carbocycles. The molecule has 14 heteroatoms. The molecule has 0 heterocycles. The van der Waals surface area contributed by atoms with E-state index in [0.717, 1.165) is 0 Å². The quantitative estimate of drug-likeness (QED) is 0.133. The Hall–Kier alpha value is -4.20. The SMILES string of the molecule is CC(C)[C@H](NC(=O)C(=O)OCc1ccccc1)C(=O)NC(CC(=O)O)C(O)COc1c(F)c(F)cc(F)c1F. The van der Waals surface area contributed by atoms with Crippen LogP contribution in [0, 0.1) is 29.2 Å². The summed E-state index contributed by atoms with van der Waals surface area (Å²) in [5.74, 6) is -14.5. The molecule has 10 nitrogen and oxygen atoms in total. The Balaban J connectivity index is 2.07. The maximum absolute atomic E-state index is 13.8. The number of aliphatic carboxylic acids is 1. The Kier molecular flexibility index (Phi) is 11.2. The van der Waals surface area contributed by atoms with Gasteiger partial charge in [0, 0.05) is 6.07 Å². The molecule has 0 aliphatic rings. The average molecular weight is 558 g/mol. The molecule has 0 aliphatic heterocycles. The first-order valence-corrected chi connectivity index (χ1v) is 11.5. The number of hydrogen-bond donors (Lipinski definition) is 4. The minimum atomic E-state index is -1.95. The molecule has 2 unspecified atom stereocenters. The Morgan fingerprint density at radius 3 is 2.08 bits per heavy atom. The standard InChI is InChI=1S/C25H26F4N2O8/c1-12(2)21(31-24(36)25(37)39-10-13-6-4-3-5-7-13)23(35)30-16(9-18(33)34)17(32)11-38-22-19(28)14(26)8-15(27)20(22)29/h3-8,12,16-17,21,32H,9-11H2,1-2H3,(H,30,35)(H,31,36)(H,33,34)/t16?,17?,21-/m0/s1. The van der Waals surface area contributed by atoms with Crippen molar-refractivity contribution >= 4 is 23.8 Å². The van der Waals surface area contributed by atoms with Gasteiger partial charge in [-0.05, 0) is 11.5 Å². The number of aliphatic hydroxyl groups is 1. The Morgan fingerprint density at radius 1 is 0.949 bits per heavy atom. The fraction of sp³-hybridized carbons (Fsp3) is 0.360. The van der Waals surface area contributed by atoms with E-state index in [4.69, 9.17) is 9.84 Å². The Bertz CT molecular complexity index is 1170. The van der Waals surface area contributed by atoms with Crippen LogP contribution in [0.25, 0.3) is 0 Å². The number of nitrogens with one attached hydrogen (secondary N) is 2. The predicted octanol–water partition coefficient (Wildman–Crippen LogP) is 1.83. The lowest BCUT2D eigenvalue weighted by molar-refractivity contribution is -0.156. The number of ether oxygens (including phenoxy) is 2. The summed E-state index contributed by atoms with van der Waals surface area (Å²) in [6.45, 7) is 1.69. The zero-order valence-electron chi connectivity index (χ0n) is 20.8. The third kappa shape index (κ3) is 8.95. The molecule has 0 bridgehead atoms.